The topological polar surface area (TPSA) is 34.9 Å². The summed E-state index contributed by atoms with van der Waals surface area (Å²) in [7, 11) is 1.77. The smallest absolute Gasteiger partial charge is 0.254 e. The molecule has 0 saturated carbocycles. The van der Waals surface area contributed by atoms with E-state index in [1.807, 2.05) is 32.0 Å². The highest BCUT2D eigenvalue weighted by atomic mass is 32.2. The van der Waals surface area contributed by atoms with Crippen LogP contribution in [-0.2, 0) is 12.8 Å². The zero-order valence-corrected chi connectivity index (χ0v) is 12.3. The standard InChI is InChI=1S/C15H18N2OS/c1-11(2)13-9-14(18)17(3)15(16-13)19-10-12-7-5-4-6-8-12/h4-9,11H,10H2,1-3H3. The van der Waals surface area contributed by atoms with E-state index in [1.54, 1.807) is 29.4 Å². The first-order valence-electron chi connectivity index (χ1n) is 6.32. The first-order chi connectivity index (χ1) is 9.08. The van der Waals surface area contributed by atoms with E-state index in [1.165, 1.54) is 5.56 Å². The van der Waals surface area contributed by atoms with Crippen LogP contribution in [0.1, 0.15) is 31.0 Å². The monoisotopic (exact) mass is 274 g/mol. The summed E-state index contributed by atoms with van der Waals surface area (Å²) >= 11 is 1.60. The molecular weight excluding hydrogens is 256 g/mol. The van der Waals surface area contributed by atoms with Gasteiger partial charge in [-0.15, -0.1) is 0 Å². The van der Waals surface area contributed by atoms with Gasteiger partial charge in [0.1, 0.15) is 0 Å². The molecule has 0 saturated heterocycles. The van der Waals surface area contributed by atoms with Gasteiger partial charge in [-0.3, -0.25) is 9.36 Å². The Morgan fingerprint density at radius 3 is 2.58 bits per heavy atom. The molecule has 0 unspecified atom stereocenters. The van der Waals surface area contributed by atoms with Crippen molar-refractivity contribution in [2.24, 2.45) is 7.05 Å². The molecule has 2 rings (SSSR count). The number of thioether (sulfide) groups is 1. The van der Waals surface area contributed by atoms with Crippen LogP contribution in [0.25, 0.3) is 0 Å². The zero-order valence-electron chi connectivity index (χ0n) is 11.5. The molecule has 0 N–H and O–H groups in total. The molecule has 0 spiro atoms. The van der Waals surface area contributed by atoms with Crippen LogP contribution < -0.4 is 5.56 Å². The van der Waals surface area contributed by atoms with Crippen molar-refractivity contribution in [3.63, 3.8) is 0 Å². The van der Waals surface area contributed by atoms with Crippen molar-refractivity contribution in [1.29, 1.82) is 0 Å². The molecule has 0 aliphatic rings. The third kappa shape index (κ3) is 3.47. The van der Waals surface area contributed by atoms with Gasteiger partial charge in [0, 0.05) is 18.9 Å². The molecule has 0 atom stereocenters. The van der Waals surface area contributed by atoms with Crippen LogP contribution in [0.4, 0.5) is 0 Å². The average Bonchev–Trinajstić information content (AvgIpc) is 2.41. The second-order valence-corrected chi connectivity index (χ2v) is 5.73. The predicted octanol–water partition coefficient (Wildman–Crippen LogP) is 3.20. The van der Waals surface area contributed by atoms with Gasteiger partial charge < -0.3 is 0 Å². The fourth-order valence-corrected chi connectivity index (χ4v) is 2.62. The molecule has 1 aromatic heterocycles. The lowest BCUT2D eigenvalue weighted by Crippen LogP contribution is -2.20. The Hall–Kier alpha value is -1.55. The van der Waals surface area contributed by atoms with Crippen molar-refractivity contribution in [3.05, 3.63) is 58.0 Å². The van der Waals surface area contributed by atoms with E-state index >= 15 is 0 Å². The van der Waals surface area contributed by atoms with E-state index < -0.39 is 0 Å². The Labute approximate surface area is 117 Å². The van der Waals surface area contributed by atoms with Crippen LogP contribution in [0.3, 0.4) is 0 Å². The number of nitrogens with zero attached hydrogens (tertiary/aromatic N) is 2. The second kappa shape index (κ2) is 6.06. The summed E-state index contributed by atoms with van der Waals surface area (Å²) in [6.45, 7) is 4.10. The average molecular weight is 274 g/mol. The minimum atomic E-state index is 0.00858. The van der Waals surface area contributed by atoms with Gasteiger partial charge in [-0.05, 0) is 11.5 Å². The number of hydrogen-bond acceptors (Lipinski definition) is 3. The largest absolute Gasteiger partial charge is 0.291 e. The summed E-state index contributed by atoms with van der Waals surface area (Å²) in [6, 6.07) is 11.8. The Morgan fingerprint density at radius 1 is 1.26 bits per heavy atom. The van der Waals surface area contributed by atoms with Crippen LogP contribution in [0, 0.1) is 0 Å². The van der Waals surface area contributed by atoms with Crippen LogP contribution in [0.2, 0.25) is 0 Å². The number of hydrogen-bond donors (Lipinski definition) is 0. The van der Waals surface area contributed by atoms with E-state index in [-0.39, 0.29) is 11.5 Å². The van der Waals surface area contributed by atoms with Crippen molar-refractivity contribution in [2.45, 2.75) is 30.7 Å². The maximum absolute atomic E-state index is 11.9. The molecule has 0 amide bonds. The van der Waals surface area contributed by atoms with E-state index in [2.05, 4.69) is 17.1 Å². The zero-order chi connectivity index (χ0) is 13.8. The molecule has 1 aromatic carbocycles. The van der Waals surface area contributed by atoms with Crippen LogP contribution in [0.5, 0.6) is 0 Å². The van der Waals surface area contributed by atoms with Crippen molar-refractivity contribution in [3.8, 4) is 0 Å². The first kappa shape index (κ1) is 13.9. The van der Waals surface area contributed by atoms with Gasteiger partial charge in [0.25, 0.3) is 5.56 Å². The second-order valence-electron chi connectivity index (χ2n) is 4.79. The summed E-state index contributed by atoms with van der Waals surface area (Å²) in [5, 5.41) is 0.778. The molecule has 0 radical (unpaired) electrons. The van der Waals surface area contributed by atoms with Crippen LogP contribution in [0.15, 0.2) is 46.3 Å². The molecule has 3 nitrogen and oxygen atoms in total. The lowest BCUT2D eigenvalue weighted by atomic mass is 10.1. The van der Waals surface area contributed by atoms with E-state index in [0.29, 0.717) is 0 Å². The predicted molar refractivity (Wildman–Crippen MR) is 79.6 cm³/mol. The molecule has 0 aliphatic heterocycles. The molecule has 0 fully saturated rings. The minimum absolute atomic E-state index is 0.00858. The van der Waals surface area contributed by atoms with E-state index in [0.717, 1.165) is 16.6 Å². The van der Waals surface area contributed by atoms with Gasteiger partial charge in [-0.25, -0.2) is 4.98 Å². The Balaban J connectivity index is 2.22. The highest BCUT2D eigenvalue weighted by Gasteiger charge is 2.09. The molecule has 1 heterocycles. The van der Waals surface area contributed by atoms with E-state index in [4.69, 9.17) is 0 Å². The van der Waals surface area contributed by atoms with Gasteiger partial charge in [-0.2, -0.15) is 0 Å². The Bertz CT molecular complexity index is 605. The van der Waals surface area contributed by atoms with Gasteiger partial charge in [0.15, 0.2) is 5.16 Å². The quantitative estimate of drug-likeness (QED) is 0.634. The number of rotatable bonds is 4. The fourth-order valence-electron chi connectivity index (χ4n) is 1.68. The van der Waals surface area contributed by atoms with Crippen molar-refractivity contribution in [2.75, 3.05) is 0 Å². The lowest BCUT2D eigenvalue weighted by Gasteiger charge is -2.10. The molecular formula is C15H18N2OS. The summed E-state index contributed by atoms with van der Waals surface area (Å²) in [6.07, 6.45) is 0. The normalized spacial score (nSPS) is 10.9. The van der Waals surface area contributed by atoms with Crippen molar-refractivity contribution in [1.82, 2.24) is 9.55 Å². The maximum atomic E-state index is 11.9. The highest BCUT2D eigenvalue weighted by molar-refractivity contribution is 7.98. The van der Waals surface area contributed by atoms with Gasteiger partial charge >= 0.3 is 0 Å². The van der Waals surface area contributed by atoms with Gasteiger partial charge in [-0.1, -0.05) is 55.9 Å². The molecule has 0 aliphatic carbocycles. The molecule has 4 heteroatoms. The molecule has 19 heavy (non-hydrogen) atoms. The third-order valence-electron chi connectivity index (χ3n) is 2.92. The van der Waals surface area contributed by atoms with Crippen molar-refractivity contribution < 1.29 is 0 Å². The summed E-state index contributed by atoms with van der Waals surface area (Å²) in [4.78, 5) is 16.5. The SMILES string of the molecule is CC(C)c1cc(=O)n(C)c(SCc2ccccc2)n1. The van der Waals surface area contributed by atoms with Gasteiger partial charge in [0.2, 0.25) is 0 Å². The van der Waals surface area contributed by atoms with Gasteiger partial charge in [0.05, 0.1) is 5.69 Å². The molecule has 2 aromatic rings. The minimum Gasteiger partial charge on any atom is -0.291 e. The highest BCUT2D eigenvalue weighted by Crippen LogP contribution is 2.21. The molecule has 100 valence electrons. The third-order valence-corrected chi connectivity index (χ3v) is 4.02. The summed E-state index contributed by atoms with van der Waals surface area (Å²) in [5.74, 6) is 1.09. The Morgan fingerprint density at radius 2 is 1.95 bits per heavy atom. The summed E-state index contributed by atoms with van der Waals surface area (Å²) in [5.41, 5.74) is 2.10. The van der Waals surface area contributed by atoms with E-state index in [9.17, 15) is 4.79 Å². The number of benzene rings is 1. The maximum Gasteiger partial charge on any atom is 0.254 e. The fraction of sp³-hybridized carbons (Fsp3) is 0.333. The Kier molecular flexibility index (Phi) is 4.43. The number of aromatic nitrogens is 2. The summed E-state index contributed by atoms with van der Waals surface area (Å²) < 4.78 is 1.61. The van der Waals surface area contributed by atoms with Crippen LogP contribution >= 0.6 is 11.8 Å². The lowest BCUT2D eigenvalue weighted by molar-refractivity contribution is 0.668. The van der Waals surface area contributed by atoms with Crippen LogP contribution in [-0.4, -0.2) is 9.55 Å². The van der Waals surface area contributed by atoms with Crippen molar-refractivity contribution >= 4 is 11.8 Å². The first-order valence-corrected chi connectivity index (χ1v) is 7.31. The molecule has 0 bridgehead atoms.